The van der Waals surface area contributed by atoms with Crippen molar-refractivity contribution in [3.63, 3.8) is 0 Å². The van der Waals surface area contributed by atoms with Crippen molar-refractivity contribution in [1.82, 2.24) is 15.6 Å². The van der Waals surface area contributed by atoms with Gasteiger partial charge in [-0.05, 0) is 44.7 Å². The van der Waals surface area contributed by atoms with E-state index in [-0.39, 0.29) is 24.0 Å². The average Bonchev–Trinajstić information content (AvgIpc) is 3.27. The number of hydrogen-bond donors (Lipinski definition) is 2. The molecule has 29 heavy (non-hydrogen) atoms. The van der Waals surface area contributed by atoms with Gasteiger partial charge in [-0.3, -0.25) is 4.99 Å². The second-order valence-corrected chi connectivity index (χ2v) is 9.07. The number of pyridine rings is 1. The molecule has 6 nitrogen and oxygen atoms in total. The van der Waals surface area contributed by atoms with Crippen molar-refractivity contribution < 1.29 is 4.74 Å². The van der Waals surface area contributed by atoms with E-state index in [0.29, 0.717) is 29.5 Å². The maximum absolute atomic E-state index is 6.34. The lowest BCUT2D eigenvalue weighted by molar-refractivity contribution is -0.171. The maximum atomic E-state index is 6.34. The molecule has 0 radical (unpaired) electrons. The van der Waals surface area contributed by atoms with E-state index >= 15 is 0 Å². The molecule has 160 valence electrons. The molecule has 8 heteroatoms. The lowest BCUT2D eigenvalue weighted by Gasteiger charge is -2.63. The Morgan fingerprint density at radius 3 is 2.97 bits per heavy atom. The molecule has 2 aliphatic heterocycles. The minimum Gasteiger partial charge on any atom is -0.377 e. The van der Waals surface area contributed by atoms with Gasteiger partial charge in [0.05, 0.1) is 11.1 Å². The second kappa shape index (κ2) is 8.75. The van der Waals surface area contributed by atoms with Crippen LogP contribution in [0.3, 0.4) is 0 Å². The number of rotatable bonds is 4. The highest BCUT2D eigenvalue weighted by molar-refractivity contribution is 14.0. The molecule has 2 saturated carbocycles. The zero-order chi connectivity index (χ0) is 19.1. The van der Waals surface area contributed by atoms with Crippen molar-refractivity contribution in [2.24, 2.45) is 16.3 Å². The van der Waals surface area contributed by atoms with Gasteiger partial charge in [0.25, 0.3) is 0 Å². The molecule has 0 amide bonds. The number of aromatic nitrogens is 1. The van der Waals surface area contributed by atoms with E-state index in [9.17, 15) is 0 Å². The van der Waals surface area contributed by atoms with Crippen LogP contribution < -0.4 is 15.5 Å². The van der Waals surface area contributed by atoms with E-state index in [1.54, 1.807) is 0 Å². The summed E-state index contributed by atoms with van der Waals surface area (Å²) in [6, 6.07) is 4.64. The van der Waals surface area contributed by atoms with Gasteiger partial charge in [0.2, 0.25) is 0 Å². The van der Waals surface area contributed by atoms with Crippen LogP contribution in [-0.4, -0.2) is 55.4 Å². The first-order valence-corrected chi connectivity index (χ1v) is 11.1. The van der Waals surface area contributed by atoms with Gasteiger partial charge < -0.3 is 20.3 Å². The molecule has 4 fully saturated rings. The molecular formula is C21H31ClIN5O. The molecule has 4 unspecified atom stereocenters. The minimum absolute atomic E-state index is 0. The van der Waals surface area contributed by atoms with E-state index in [0.717, 1.165) is 49.5 Å². The first-order valence-electron chi connectivity index (χ1n) is 10.8. The maximum Gasteiger partial charge on any atom is 0.191 e. The Morgan fingerprint density at radius 1 is 1.38 bits per heavy atom. The number of halogens is 2. The SMILES string of the molecule is CCN=C(NC1CCN(c2ncccc2Cl)C1)NC1C2CCOC2C12CCC2.I. The highest BCUT2D eigenvalue weighted by Crippen LogP contribution is 2.62. The average molecular weight is 532 g/mol. The molecule has 3 heterocycles. The van der Waals surface area contributed by atoms with Crippen LogP contribution in [0.15, 0.2) is 23.3 Å². The predicted molar refractivity (Wildman–Crippen MR) is 127 cm³/mol. The zero-order valence-corrected chi connectivity index (χ0v) is 20.0. The molecule has 4 aliphatic rings. The highest BCUT2D eigenvalue weighted by Gasteiger charge is 2.66. The van der Waals surface area contributed by atoms with Crippen LogP contribution in [0.2, 0.25) is 5.02 Å². The largest absolute Gasteiger partial charge is 0.377 e. The van der Waals surface area contributed by atoms with Gasteiger partial charge in [-0.2, -0.15) is 0 Å². The number of fused-ring (bicyclic) bond motifs is 2. The third-order valence-electron chi connectivity index (χ3n) is 7.21. The van der Waals surface area contributed by atoms with Crippen LogP contribution in [0, 0.1) is 11.3 Å². The fourth-order valence-corrected chi connectivity index (χ4v) is 6.01. The van der Waals surface area contributed by atoms with Crippen LogP contribution in [0.1, 0.15) is 39.0 Å². The topological polar surface area (TPSA) is 61.8 Å². The fourth-order valence-electron chi connectivity index (χ4n) is 5.77. The molecule has 2 saturated heterocycles. The van der Waals surface area contributed by atoms with Gasteiger partial charge in [0.15, 0.2) is 5.96 Å². The first kappa shape index (κ1) is 21.4. The van der Waals surface area contributed by atoms with Crippen molar-refractivity contribution in [2.75, 3.05) is 31.1 Å². The summed E-state index contributed by atoms with van der Waals surface area (Å²) >= 11 is 6.34. The Bertz CT molecular complexity index is 758. The molecule has 1 spiro atoms. The quantitative estimate of drug-likeness (QED) is 0.354. The summed E-state index contributed by atoms with van der Waals surface area (Å²) in [5.74, 6) is 2.49. The number of anilines is 1. The van der Waals surface area contributed by atoms with Crippen LogP contribution in [-0.2, 0) is 4.74 Å². The Balaban J connectivity index is 0.00000205. The third kappa shape index (κ3) is 3.71. The molecule has 1 aromatic rings. The number of aliphatic imine (C=N–C) groups is 1. The van der Waals surface area contributed by atoms with Crippen molar-refractivity contribution in [1.29, 1.82) is 0 Å². The number of hydrogen-bond acceptors (Lipinski definition) is 4. The number of nitrogens with zero attached hydrogens (tertiary/aromatic N) is 3. The third-order valence-corrected chi connectivity index (χ3v) is 7.51. The van der Waals surface area contributed by atoms with Gasteiger partial charge in [0.1, 0.15) is 5.82 Å². The Labute approximate surface area is 195 Å². The standard InChI is InChI=1S/C21H30ClN5O.HI/c1-2-23-20(26-17-15-7-12-28-18(15)21(17)8-4-9-21)25-14-6-11-27(13-14)19-16(22)5-3-10-24-19;/h3,5,10,14-15,17-18H,2,4,6-9,11-13H2,1H3,(H2,23,25,26);1H. The summed E-state index contributed by atoms with van der Waals surface area (Å²) in [7, 11) is 0. The molecule has 0 bridgehead atoms. The molecule has 5 rings (SSSR count). The van der Waals surface area contributed by atoms with Gasteiger partial charge in [0, 0.05) is 55.9 Å². The van der Waals surface area contributed by atoms with Crippen LogP contribution in [0.25, 0.3) is 0 Å². The summed E-state index contributed by atoms with van der Waals surface area (Å²) in [6.07, 6.45) is 8.45. The summed E-state index contributed by atoms with van der Waals surface area (Å²) in [5.41, 5.74) is 0.362. The zero-order valence-electron chi connectivity index (χ0n) is 16.9. The van der Waals surface area contributed by atoms with Gasteiger partial charge >= 0.3 is 0 Å². The molecule has 4 atom stereocenters. The number of guanidine groups is 1. The van der Waals surface area contributed by atoms with Crippen molar-refractivity contribution in [3.8, 4) is 0 Å². The van der Waals surface area contributed by atoms with Crippen molar-refractivity contribution in [3.05, 3.63) is 23.4 Å². The predicted octanol–water partition coefficient (Wildman–Crippen LogP) is 3.44. The minimum atomic E-state index is 0. The Morgan fingerprint density at radius 2 is 2.24 bits per heavy atom. The fraction of sp³-hybridized carbons (Fsp3) is 0.714. The molecule has 1 aromatic heterocycles. The van der Waals surface area contributed by atoms with E-state index in [1.807, 2.05) is 18.3 Å². The smallest absolute Gasteiger partial charge is 0.191 e. The van der Waals surface area contributed by atoms with E-state index in [2.05, 4.69) is 27.4 Å². The van der Waals surface area contributed by atoms with Crippen molar-refractivity contribution >= 4 is 47.4 Å². The number of nitrogens with one attached hydrogen (secondary N) is 2. The second-order valence-electron chi connectivity index (χ2n) is 8.66. The van der Waals surface area contributed by atoms with E-state index in [1.165, 1.54) is 25.7 Å². The van der Waals surface area contributed by atoms with Gasteiger partial charge in [-0.1, -0.05) is 18.0 Å². The molecule has 0 aromatic carbocycles. The van der Waals surface area contributed by atoms with Gasteiger partial charge in [-0.25, -0.2) is 4.98 Å². The molecular weight excluding hydrogens is 501 g/mol. The Kier molecular flexibility index (Phi) is 6.46. The summed E-state index contributed by atoms with van der Waals surface area (Å²) in [6.45, 7) is 5.65. The monoisotopic (exact) mass is 531 g/mol. The first-order chi connectivity index (χ1) is 13.7. The highest BCUT2D eigenvalue weighted by atomic mass is 127. The van der Waals surface area contributed by atoms with E-state index < -0.39 is 0 Å². The number of ether oxygens (including phenoxy) is 1. The lowest BCUT2D eigenvalue weighted by Crippen LogP contribution is -2.72. The van der Waals surface area contributed by atoms with E-state index in [4.69, 9.17) is 21.3 Å². The Hall–Kier alpha value is -0.800. The molecule has 2 aliphatic carbocycles. The molecule has 2 N–H and O–H groups in total. The van der Waals surface area contributed by atoms with Crippen LogP contribution in [0.5, 0.6) is 0 Å². The summed E-state index contributed by atoms with van der Waals surface area (Å²) < 4.78 is 6.06. The van der Waals surface area contributed by atoms with Crippen LogP contribution >= 0.6 is 35.6 Å². The lowest BCUT2D eigenvalue weighted by atomic mass is 9.46. The summed E-state index contributed by atoms with van der Waals surface area (Å²) in [5, 5.41) is 8.22. The normalized spacial score (nSPS) is 32.2. The summed E-state index contributed by atoms with van der Waals surface area (Å²) in [4.78, 5) is 11.5. The van der Waals surface area contributed by atoms with Gasteiger partial charge in [-0.15, -0.1) is 24.0 Å². The van der Waals surface area contributed by atoms with Crippen LogP contribution in [0.4, 0.5) is 5.82 Å². The van der Waals surface area contributed by atoms with Crippen molar-refractivity contribution in [2.45, 2.75) is 57.2 Å².